The van der Waals surface area contributed by atoms with Crippen LogP contribution in [0.4, 0.5) is 0 Å². The molecule has 2 aromatic heterocycles. The summed E-state index contributed by atoms with van der Waals surface area (Å²) in [6.45, 7) is 16.5. The Kier molecular flexibility index (Phi) is 5.65. The quantitative estimate of drug-likeness (QED) is 0.590. The maximum atomic E-state index is 6.50. The maximum Gasteiger partial charge on any atom is 0.155 e. The van der Waals surface area contributed by atoms with Gasteiger partial charge in [-0.3, -0.25) is 0 Å². The van der Waals surface area contributed by atoms with Crippen LogP contribution in [0.2, 0.25) is 0 Å². The Balaban J connectivity index is 2.65. The Morgan fingerprint density at radius 1 is 1.21 bits per heavy atom. The zero-order valence-electron chi connectivity index (χ0n) is 15.6. The van der Waals surface area contributed by atoms with Crippen molar-refractivity contribution in [2.75, 3.05) is 5.84 Å². The van der Waals surface area contributed by atoms with E-state index in [2.05, 4.69) is 31.5 Å². The fraction of sp³-hybridized carbons (Fsp3) is 0.474. The third kappa shape index (κ3) is 3.46. The van der Waals surface area contributed by atoms with Crippen molar-refractivity contribution in [3.8, 4) is 10.6 Å². The molecule has 0 atom stereocenters. The van der Waals surface area contributed by atoms with Gasteiger partial charge in [0, 0.05) is 5.57 Å². The third-order valence-corrected chi connectivity index (χ3v) is 5.37. The van der Waals surface area contributed by atoms with E-state index in [9.17, 15) is 0 Å². The standard InChI is InChI=1S/C19H28N4S/c1-8-15(9-2)16(10-11(3)4)19-22-12(5)17(23(19)20)18-13(6)21-14(7)24-18/h10,15H,3,8-9,20H2,1-2,4-7H3/b16-10-. The SMILES string of the molecule is C=C(C)/C=C(\c1nc(C)c(-c2sc(C)nc2C)n1N)C(CC)CC. The van der Waals surface area contributed by atoms with Crippen LogP contribution in [-0.4, -0.2) is 14.6 Å². The Morgan fingerprint density at radius 3 is 2.29 bits per heavy atom. The van der Waals surface area contributed by atoms with Crippen LogP contribution >= 0.6 is 11.3 Å². The summed E-state index contributed by atoms with van der Waals surface area (Å²) in [5, 5.41) is 1.04. The van der Waals surface area contributed by atoms with E-state index in [1.165, 1.54) is 5.57 Å². The van der Waals surface area contributed by atoms with Crippen LogP contribution in [-0.2, 0) is 0 Å². The third-order valence-electron chi connectivity index (χ3n) is 4.29. The molecule has 5 heteroatoms. The summed E-state index contributed by atoms with van der Waals surface area (Å²) in [6, 6.07) is 0. The van der Waals surface area contributed by atoms with Crippen molar-refractivity contribution in [1.29, 1.82) is 0 Å². The zero-order valence-corrected chi connectivity index (χ0v) is 16.4. The molecule has 0 unspecified atom stereocenters. The second kappa shape index (κ2) is 7.34. The first-order chi connectivity index (χ1) is 11.3. The Hall–Kier alpha value is -1.88. The van der Waals surface area contributed by atoms with Gasteiger partial charge in [-0.25, -0.2) is 14.6 Å². The molecule has 0 spiro atoms. The summed E-state index contributed by atoms with van der Waals surface area (Å²) in [6.07, 6.45) is 4.22. The Morgan fingerprint density at radius 2 is 1.83 bits per heavy atom. The number of aromatic nitrogens is 3. The van der Waals surface area contributed by atoms with E-state index >= 15 is 0 Å². The van der Waals surface area contributed by atoms with Crippen LogP contribution in [0.3, 0.4) is 0 Å². The highest BCUT2D eigenvalue weighted by Crippen LogP contribution is 2.35. The lowest BCUT2D eigenvalue weighted by molar-refractivity contribution is 0.616. The number of nitrogens with zero attached hydrogens (tertiary/aromatic N) is 3. The molecule has 2 N–H and O–H groups in total. The van der Waals surface area contributed by atoms with Crippen LogP contribution in [0.25, 0.3) is 16.1 Å². The fourth-order valence-corrected chi connectivity index (χ4v) is 4.15. The fourth-order valence-electron chi connectivity index (χ4n) is 3.13. The second-order valence-electron chi connectivity index (χ2n) is 6.35. The predicted octanol–water partition coefficient (Wildman–Crippen LogP) is 5.04. The molecule has 24 heavy (non-hydrogen) atoms. The first kappa shape index (κ1) is 18.5. The molecule has 0 radical (unpaired) electrons. The van der Waals surface area contributed by atoms with Crippen molar-refractivity contribution in [3.63, 3.8) is 0 Å². The Labute approximate surface area is 149 Å². The summed E-state index contributed by atoms with van der Waals surface area (Å²) in [4.78, 5) is 10.4. The highest BCUT2D eigenvalue weighted by Gasteiger charge is 2.23. The summed E-state index contributed by atoms with van der Waals surface area (Å²) >= 11 is 1.67. The van der Waals surface area contributed by atoms with Gasteiger partial charge in [-0.05, 0) is 46.5 Å². The number of nitrogens with two attached hydrogens (primary N) is 1. The molecule has 0 bridgehead atoms. The lowest BCUT2D eigenvalue weighted by atomic mass is 9.91. The molecule has 2 heterocycles. The van der Waals surface area contributed by atoms with E-state index in [1.807, 2.05) is 27.7 Å². The molecule has 0 saturated heterocycles. The smallest absolute Gasteiger partial charge is 0.155 e. The molecule has 0 aliphatic heterocycles. The molecular formula is C19H28N4S. The summed E-state index contributed by atoms with van der Waals surface area (Å²) in [5.41, 5.74) is 5.10. The van der Waals surface area contributed by atoms with Gasteiger partial charge in [0.15, 0.2) is 5.82 Å². The number of hydrogen-bond donors (Lipinski definition) is 1. The minimum atomic E-state index is 0.419. The van der Waals surface area contributed by atoms with Crippen LogP contribution in [0, 0.1) is 26.7 Å². The molecule has 0 saturated carbocycles. The van der Waals surface area contributed by atoms with E-state index < -0.39 is 0 Å². The highest BCUT2D eigenvalue weighted by molar-refractivity contribution is 7.15. The number of aryl methyl sites for hydroxylation is 3. The van der Waals surface area contributed by atoms with E-state index in [-0.39, 0.29) is 0 Å². The first-order valence-corrected chi connectivity index (χ1v) is 9.27. The van der Waals surface area contributed by atoms with Gasteiger partial charge >= 0.3 is 0 Å². The minimum Gasteiger partial charge on any atom is -0.337 e. The monoisotopic (exact) mass is 344 g/mol. The van der Waals surface area contributed by atoms with Crippen LogP contribution < -0.4 is 5.84 Å². The van der Waals surface area contributed by atoms with Crippen molar-refractivity contribution in [3.05, 3.63) is 40.4 Å². The largest absolute Gasteiger partial charge is 0.337 e. The topological polar surface area (TPSA) is 56.7 Å². The van der Waals surface area contributed by atoms with E-state index in [4.69, 9.17) is 10.8 Å². The van der Waals surface area contributed by atoms with Gasteiger partial charge in [-0.1, -0.05) is 32.1 Å². The molecule has 130 valence electrons. The van der Waals surface area contributed by atoms with E-state index in [0.29, 0.717) is 5.92 Å². The number of rotatable bonds is 6. The molecule has 0 aliphatic rings. The van der Waals surface area contributed by atoms with Crippen LogP contribution in [0.15, 0.2) is 18.2 Å². The van der Waals surface area contributed by atoms with Gasteiger partial charge in [0.05, 0.1) is 21.3 Å². The van der Waals surface area contributed by atoms with E-state index in [1.54, 1.807) is 16.0 Å². The Bertz CT molecular complexity index is 776. The van der Waals surface area contributed by atoms with Crippen LogP contribution in [0.1, 0.15) is 55.8 Å². The van der Waals surface area contributed by atoms with Gasteiger partial charge in [0.25, 0.3) is 0 Å². The molecule has 0 aromatic carbocycles. The van der Waals surface area contributed by atoms with Gasteiger partial charge in [0.2, 0.25) is 0 Å². The molecule has 0 fully saturated rings. The minimum absolute atomic E-state index is 0.419. The average Bonchev–Trinajstić information content (AvgIpc) is 2.97. The zero-order chi connectivity index (χ0) is 18.0. The van der Waals surface area contributed by atoms with Crippen molar-refractivity contribution in [2.24, 2.45) is 5.92 Å². The number of thiazole rings is 1. The van der Waals surface area contributed by atoms with Gasteiger partial charge < -0.3 is 5.84 Å². The normalized spacial score (nSPS) is 12.2. The van der Waals surface area contributed by atoms with Crippen molar-refractivity contribution in [2.45, 2.75) is 54.4 Å². The average molecular weight is 345 g/mol. The van der Waals surface area contributed by atoms with Gasteiger partial charge in [-0.15, -0.1) is 11.3 Å². The highest BCUT2D eigenvalue weighted by atomic mass is 32.1. The van der Waals surface area contributed by atoms with Crippen molar-refractivity contribution in [1.82, 2.24) is 14.6 Å². The first-order valence-electron chi connectivity index (χ1n) is 8.46. The molecule has 2 rings (SSSR count). The lowest BCUT2D eigenvalue weighted by Crippen LogP contribution is -2.16. The van der Waals surface area contributed by atoms with Gasteiger partial charge in [0.1, 0.15) is 5.69 Å². The number of nitrogen functional groups attached to an aromatic ring is 1. The van der Waals surface area contributed by atoms with Crippen molar-refractivity contribution < 1.29 is 0 Å². The predicted molar refractivity (Wildman–Crippen MR) is 105 cm³/mol. The number of imidazole rings is 1. The van der Waals surface area contributed by atoms with E-state index in [0.717, 1.165) is 51.2 Å². The maximum absolute atomic E-state index is 6.50. The lowest BCUT2D eigenvalue weighted by Gasteiger charge is -2.17. The molecular weight excluding hydrogens is 316 g/mol. The van der Waals surface area contributed by atoms with Crippen molar-refractivity contribution >= 4 is 16.9 Å². The van der Waals surface area contributed by atoms with Crippen LogP contribution in [0.5, 0.6) is 0 Å². The molecule has 0 aliphatic carbocycles. The number of allylic oxidation sites excluding steroid dienone is 3. The summed E-state index contributed by atoms with van der Waals surface area (Å²) in [5.74, 6) is 7.76. The molecule has 2 aromatic rings. The second-order valence-corrected chi connectivity index (χ2v) is 7.55. The summed E-state index contributed by atoms with van der Waals surface area (Å²) < 4.78 is 1.74. The van der Waals surface area contributed by atoms with Gasteiger partial charge in [-0.2, -0.15) is 0 Å². The number of hydrogen-bond acceptors (Lipinski definition) is 4. The summed E-state index contributed by atoms with van der Waals surface area (Å²) in [7, 11) is 0. The molecule has 0 amide bonds. The molecule has 4 nitrogen and oxygen atoms in total.